The van der Waals surface area contributed by atoms with Gasteiger partial charge >= 0.3 is 0 Å². The summed E-state index contributed by atoms with van der Waals surface area (Å²) in [5, 5.41) is 1.29. The average Bonchev–Trinajstić information content (AvgIpc) is 3.56. The first-order valence-electron chi connectivity index (χ1n) is 10.5. The highest BCUT2D eigenvalue weighted by molar-refractivity contribution is 7.15. The maximum atomic E-state index is 6.03. The molecule has 6 nitrogen and oxygen atoms in total. The van der Waals surface area contributed by atoms with Gasteiger partial charge in [0.05, 0.1) is 18.5 Å². The fourth-order valence-corrected chi connectivity index (χ4v) is 5.36. The largest absolute Gasteiger partial charge is 0.461 e. The zero-order valence-corrected chi connectivity index (χ0v) is 18.8. The first-order valence-corrected chi connectivity index (χ1v) is 11.7. The van der Waals surface area contributed by atoms with Crippen LogP contribution in [0, 0.1) is 0 Å². The van der Waals surface area contributed by atoms with Crippen molar-refractivity contribution in [2.24, 2.45) is 0 Å². The van der Waals surface area contributed by atoms with Crippen LogP contribution in [-0.4, -0.2) is 31.0 Å². The van der Waals surface area contributed by atoms with Gasteiger partial charge < -0.3 is 8.98 Å². The van der Waals surface area contributed by atoms with E-state index in [1.807, 2.05) is 24.5 Å². The second-order valence-electron chi connectivity index (χ2n) is 7.98. The van der Waals surface area contributed by atoms with Crippen LogP contribution in [-0.2, 0) is 26.1 Å². The van der Waals surface area contributed by atoms with E-state index in [9.17, 15) is 0 Å². The van der Waals surface area contributed by atoms with Crippen LogP contribution in [0.25, 0.3) is 22.5 Å². The van der Waals surface area contributed by atoms with Crippen molar-refractivity contribution < 1.29 is 4.42 Å². The summed E-state index contributed by atoms with van der Waals surface area (Å²) < 4.78 is 8.33. The van der Waals surface area contributed by atoms with Gasteiger partial charge in [-0.1, -0.05) is 29.8 Å². The Morgan fingerprint density at radius 1 is 1.06 bits per heavy atom. The number of hydrogen-bond acceptors (Lipinski definition) is 6. The molecule has 4 aromatic heterocycles. The van der Waals surface area contributed by atoms with Gasteiger partial charge in [0, 0.05) is 66.0 Å². The van der Waals surface area contributed by atoms with E-state index in [-0.39, 0.29) is 0 Å². The van der Waals surface area contributed by atoms with Crippen molar-refractivity contribution in [1.29, 1.82) is 0 Å². The third-order valence-corrected chi connectivity index (χ3v) is 6.97. The quantitative estimate of drug-likeness (QED) is 0.350. The molecule has 0 aliphatic carbocycles. The molecule has 0 fully saturated rings. The molecule has 0 radical (unpaired) electrons. The molecular weight excluding hydrogens is 442 g/mol. The molecule has 5 heterocycles. The van der Waals surface area contributed by atoms with Crippen LogP contribution >= 0.6 is 22.9 Å². The number of nitrogens with zero attached hydrogens (tertiary/aromatic N) is 5. The Labute approximate surface area is 194 Å². The minimum Gasteiger partial charge on any atom is -0.461 e. The fourth-order valence-electron chi connectivity index (χ4n) is 4.38. The molecule has 1 aromatic carbocycles. The minimum atomic E-state index is 0.584. The molecule has 6 rings (SSSR count). The maximum absolute atomic E-state index is 6.03. The Balaban J connectivity index is 1.24. The van der Waals surface area contributed by atoms with Crippen LogP contribution in [0.2, 0.25) is 4.47 Å². The molecule has 0 bridgehead atoms. The standard InChI is InChI=1S/C24H20ClN5OS/c25-24-27-11-18(32-24)15-30-14-17(19-4-1-2-5-21(19)30)13-29-8-7-20-16(12-29)10-26-23(28-20)22-6-3-9-31-22/h1-6,9-11,14H,7-8,12-13,15H2. The SMILES string of the molecule is Clc1ncc(Cn2cc(CN3CCc4nc(-c5ccco5)ncc4C3)c3ccccc32)s1. The third-order valence-electron chi connectivity index (χ3n) is 5.87. The second-order valence-corrected chi connectivity index (χ2v) is 9.68. The molecule has 0 N–H and O–H groups in total. The number of benzene rings is 1. The van der Waals surface area contributed by atoms with E-state index in [0.717, 1.165) is 43.2 Å². The summed E-state index contributed by atoms with van der Waals surface area (Å²) >= 11 is 7.57. The highest BCUT2D eigenvalue weighted by atomic mass is 35.5. The normalized spacial score (nSPS) is 14.2. The van der Waals surface area contributed by atoms with Crippen LogP contribution in [0.5, 0.6) is 0 Å². The summed E-state index contributed by atoms with van der Waals surface area (Å²) in [6, 6.07) is 12.3. The van der Waals surface area contributed by atoms with E-state index in [1.54, 1.807) is 6.26 Å². The Morgan fingerprint density at radius 3 is 2.84 bits per heavy atom. The Hall–Kier alpha value is -3.00. The summed E-state index contributed by atoms with van der Waals surface area (Å²) in [7, 11) is 0. The van der Waals surface area contributed by atoms with Gasteiger partial charge in [0.25, 0.3) is 0 Å². The lowest BCUT2D eigenvalue weighted by Gasteiger charge is -2.27. The zero-order chi connectivity index (χ0) is 21.5. The topological polar surface area (TPSA) is 60.0 Å². The van der Waals surface area contributed by atoms with Gasteiger partial charge in [0.1, 0.15) is 0 Å². The van der Waals surface area contributed by atoms with E-state index in [2.05, 4.69) is 49.9 Å². The van der Waals surface area contributed by atoms with Gasteiger partial charge in [-0.2, -0.15) is 0 Å². The van der Waals surface area contributed by atoms with Crippen LogP contribution in [0.3, 0.4) is 0 Å². The lowest BCUT2D eigenvalue weighted by molar-refractivity contribution is 0.243. The Kier molecular flexibility index (Phi) is 5.02. The molecule has 0 spiro atoms. The van der Waals surface area contributed by atoms with Gasteiger partial charge in [-0.3, -0.25) is 4.90 Å². The van der Waals surface area contributed by atoms with E-state index < -0.39 is 0 Å². The molecule has 0 saturated carbocycles. The average molecular weight is 462 g/mol. The molecule has 1 aliphatic heterocycles. The molecule has 5 aromatic rings. The van der Waals surface area contributed by atoms with E-state index in [1.165, 1.54) is 33.4 Å². The zero-order valence-electron chi connectivity index (χ0n) is 17.2. The van der Waals surface area contributed by atoms with Gasteiger partial charge in [-0.25, -0.2) is 15.0 Å². The van der Waals surface area contributed by atoms with Crippen molar-refractivity contribution in [2.75, 3.05) is 6.54 Å². The Bertz CT molecular complexity index is 1390. The molecule has 32 heavy (non-hydrogen) atoms. The van der Waals surface area contributed by atoms with Crippen molar-refractivity contribution in [3.63, 3.8) is 0 Å². The first kappa shape index (κ1) is 19.7. The number of aromatic nitrogens is 4. The predicted octanol–water partition coefficient (Wildman–Crippen LogP) is 5.41. The van der Waals surface area contributed by atoms with Crippen molar-refractivity contribution in [1.82, 2.24) is 24.4 Å². The summed E-state index contributed by atoms with van der Waals surface area (Å²) in [5.41, 5.74) is 4.87. The lowest BCUT2D eigenvalue weighted by atomic mass is 10.1. The number of hydrogen-bond donors (Lipinski definition) is 0. The van der Waals surface area contributed by atoms with Gasteiger partial charge in [-0.15, -0.1) is 11.3 Å². The molecular formula is C24H20ClN5OS. The molecule has 0 unspecified atom stereocenters. The number of halogens is 1. The van der Waals surface area contributed by atoms with Crippen LogP contribution in [0.15, 0.2) is 65.7 Å². The molecule has 0 atom stereocenters. The lowest BCUT2D eigenvalue weighted by Crippen LogP contribution is -2.30. The third kappa shape index (κ3) is 3.72. The van der Waals surface area contributed by atoms with Crippen LogP contribution < -0.4 is 0 Å². The van der Waals surface area contributed by atoms with Crippen molar-refractivity contribution in [3.05, 3.63) is 87.4 Å². The number of thiazole rings is 1. The summed E-state index contributed by atoms with van der Waals surface area (Å²) in [5.74, 6) is 1.37. The maximum Gasteiger partial charge on any atom is 0.195 e. The van der Waals surface area contributed by atoms with Crippen LogP contribution in [0.4, 0.5) is 0 Å². The fraction of sp³-hybridized carbons (Fsp3) is 0.208. The summed E-state index contributed by atoms with van der Waals surface area (Å²) in [6.45, 7) is 3.47. The van der Waals surface area contributed by atoms with E-state index in [4.69, 9.17) is 21.0 Å². The van der Waals surface area contributed by atoms with E-state index in [0.29, 0.717) is 16.1 Å². The molecule has 160 valence electrons. The van der Waals surface area contributed by atoms with Gasteiger partial charge in [0.2, 0.25) is 0 Å². The monoisotopic (exact) mass is 461 g/mol. The molecule has 0 saturated heterocycles. The summed E-state index contributed by atoms with van der Waals surface area (Å²) in [4.78, 5) is 17.1. The van der Waals surface area contributed by atoms with Crippen molar-refractivity contribution >= 4 is 33.8 Å². The molecule has 1 aliphatic rings. The van der Waals surface area contributed by atoms with Gasteiger partial charge in [0.15, 0.2) is 16.1 Å². The van der Waals surface area contributed by atoms with E-state index >= 15 is 0 Å². The van der Waals surface area contributed by atoms with Crippen LogP contribution in [0.1, 0.15) is 21.7 Å². The predicted molar refractivity (Wildman–Crippen MR) is 126 cm³/mol. The van der Waals surface area contributed by atoms with Crippen molar-refractivity contribution in [2.45, 2.75) is 26.1 Å². The van der Waals surface area contributed by atoms with Gasteiger partial charge in [-0.05, 0) is 23.8 Å². The highest BCUT2D eigenvalue weighted by Gasteiger charge is 2.21. The second kappa shape index (κ2) is 8.16. The molecule has 0 amide bonds. The van der Waals surface area contributed by atoms with Crippen molar-refractivity contribution in [3.8, 4) is 11.6 Å². The number of furan rings is 1. The minimum absolute atomic E-state index is 0.584. The number of rotatable bonds is 5. The number of fused-ring (bicyclic) bond motifs is 2. The molecule has 8 heteroatoms. The smallest absolute Gasteiger partial charge is 0.195 e. The Morgan fingerprint density at radius 2 is 2.00 bits per heavy atom. The number of para-hydroxylation sites is 1. The first-order chi connectivity index (χ1) is 15.7. The summed E-state index contributed by atoms with van der Waals surface area (Å²) in [6.07, 6.45) is 8.64. The highest BCUT2D eigenvalue weighted by Crippen LogP contribution is 2.28.